The Bertz CT molecular complexity index is 1040. The summed E-state index contributed by atoms with van der Waals surface area (Å²) in [6.07, 6.45) is 2.41. The maximum atomic E-state index is 10.7. The van der Waals surface area contributed by atoms with E-state index in [1.54, 1.807) is 36.7 Å². The van der Waals surface area contributed by atoms with Crippen LogP contribution in [0.2, 0.25) is 5.02 Å². The molecule has 0 saturated heterocycles. The molecule has 128 valence electrons. The molecule has 2 aromatic heterocycles. The molecular formula is C20H15ClN4O. The van der Waals surface area contributed by atoms with E-state index in [9.17, 15) is 5.11 Å². The third-order valence-corrected chi connectivity index (χ3v) is 4.36. The lowest BCUT2D eigenvalue weighted by atomic mass is 10.0. The van der Waals surface area contributed by atoms with Gasteiger partial charge in [-0.05, 0) is 42.0 Å². The number of aliphatic hydroxyl groups is 1. The summed E-state index contributed by atoms with van der Waals surface area (Å²) >= 11 is 5.94. The van der Waals surface area contributed by atoms with E-state index in [4.69, 9.17) is 11.6 Å². The average Bonchev–Trinajstić information content (AvgIpc) is 2.70. The first-order valence-electron chi connectivity index (χ1n) is 8.08. The van der Waals surface area contributed by atoms with E-state index >= 15 is 0 Å². The molecule has 0 aliphatic rings. The third-order valence-electron chi connectivity index (χ3n) is 4.10. The molecule has 0 radical (unpaired) electrons. The van der Waals surface area contributed by atoms with Gasteiger partial charge < -0.3 is 10.4 Å². The van der Waals surface area contributed by atoms with Gasteiger partial charge in [-0.2, -0.15) is 0 Å². The van der Waals surface area contributed by atoms with Crippen molar-refractivity contribution >= 4 is 33.9 Å². The Balaban J connectivity index is 1.77. The van der Waals surface area contributed by atoms with Crippen molar-refractivity contribution in [2.24, 2.45) is 0 Å². The van der Waals surface area contributed by atoms with Crippen molar-refractivity contribution in [1.29, 1.82) is 0 Å². The highest BCUT2D eigenvalue weighted by Crippen LogP contribution is 2.31. The molecule has 6 heteroatoms. The van der Waals surface area contributed by atoms with Gasteiger partial charge in [0.05, 0.1) is 0 Å². The highest BCUT2D eigenvalue weighted by atomic mass is 35.5. The fraction of sp³-hybridized carbons (Fsp3) is 0.0500. The number of pyridine rings is 1. The minimum absolute atomic E-state index is 0.508. The maximum absolute atomic E-state index is 10.7. The summed E-state index contributed by atoms with van der Waals surface area (Å²) in [4.78, 5) is 3.98. The van der Waals surface area contributed by atoms with Crippen LogP contribution in [0.5, 0.6) is 0 Å². The number of nitrogens with one attached hydrogen (secondary N) is 1. The largest absolute Gasteiger partial charge is 0.382 e. The molecule has 26 heavy (non-hydrogen) atoms. The zero-order chi connectivity index (χ0) is 17.9. The number of rotatable bonds is 4. The molecule has 4 rings (SSSR count). The average molecular weight is 363 g/mol. The van der Waals surface area contributed by atoms with E-state index in [-0.39, 0.29) is 0 Å². The van der Waals surface area contributed by atoms with Gasteiger partial charge in [0.2, 0.25) is 0 Å². The Morgan fingerprint density at radius 3 is 2.27 bits per heavy atom. The van der Waals surface area contributed by atoms with Crippen LogP contribution in [0.25, 0.3) is 10.8 Å². The molecule has 0 saturated carbocycles. The molecule has 0 fully saturated rings. The van der Waals surface area contributed by atoms with Gasteiger partial charge in [0.1, 0.15) is 11.8 Å². The van der Waals surface area contributed by atoms with Crippen molar-refractivity contribution < 1.29 is 5.11 Å². The van der Waals surface area contributed by atoms with Crippen LogP contribution < -0.4 is 5.32 Å². The predicted molar refractivity (Wildman–Crippen MR) is 103 cm³/mol. The Morgan fingerprint density at radius 1 is 0.846 bits per heavy atom. The molecule has 0 aliphatic heterocycles. The van der Waals surface area contributed by atoms with E-state index in [1.165, 1.54) is 0 Å². The first kappa shape index (κ1) is 16.4. The molecule has 4 aromatic rings. The topological polar surface area (TPSA) is 70.9 Å². The Hall–Kier alpha value is -3.02. The lowest BCUT2D eigenvalue weighted by molar-refractivity contribution is 0.216. The van der Waals surface area contributed by atoms with Crippen molar-refractivity contribution in [3.63, 3.8) is 0 Å². The Morgan fingerprint density at radius 2 is 1.54 bits per heavy atom. The summed E-state index contributed by atoms with van der Waals surface area (Å²) in [5.41, 5.74) is 2.09. The van der Waals surface area contributed by atoms with Crippen molar-refractivity contribution in [1.82, 2.24) is 15.2 Å². The second-order valence-electron chi connectivity index (χ2n) is 5.79. The standard InChI is InChI=1S/C20H15ClN4O/c21-14-5-7-15(8-6-14)23-20-17-4-2-1-3-16(17)18(24-25-20)19(26)13-9-11-22-12-10-13/h1-12,19,26H,(H,23,25). The quantitative estimate of drug-likeness (QED) is 0.559. The number of hydrogen-bond donors (Lipinski definition) is 2. The highest BCUT2D eigenvalue weighted by molar-refractivity contribution is 6.30. The smallest absolute Gasteiger partial charge is 0.160 e. The third kappa shape index (κ3) is 3.22. The number of nitrogens with zero attached hydrogens (tertiary/aromatic N) is 3. The number of aliphatic hydroxyl groups excluding tert-OH is 1. The molecule has 1 atom stereocenters. The van der Waals surface area contributed by atoms with Gasteiger partial charge in [0.25, 0.3) is 0 Å². The number of fused-ring (bicyclic) bond motifs is 1. The fourth-order valence-corrected chi connectivity index (χ4v) is 2.92. The molecule has 0 amide bonds. The number of hydrogen-bond acceptors (Lipinski definition) is 5. The van der Waals surface area contributed by atoms with Gasteiger partial charge in [-0.1, -0.05) is 35.9 Å². The second kappa shape index (κ2) is 7.07. The van der Waals surface area contributed by atoms with Gasteiger partial charge in [0, 0.05) is 33.9 Å². The van der Waals surface area contributed by atoms with Gasteiger partial charge in [-0.3, -0.25) is 4.98 Å². The van der Waals surface area contributed by atoms with Crippen LogP contribution in [0.3, 0.4) is 0 Å². The molecule has 0 bridgehead atoms. The summed E-state index contributed by atoms with van der Waals surface area (Å²) < 4.78 is 0. The lowest BCUT2D eigenvalue weighted by Crippen LogP contribution is -2.07. The summed E-state index contributed by atoms with van der Waals surface area (Å²) in [5, 5.41) is 25.0. The van der Waals surface area contributed by atoms with Crippen LogP contribution in [0, 0.1) is 0 Å². The van der Waals surface area contributed by atoms with E-state index < -0.39 is 6.10 Å². The number of benzene rings is 2. The Labute approximate surface area is 155 Å². The molecule has 2 heterocycles. The molecule has 5 nitrogen and oxygen atoms in total. The highest BCUT2D eigenvalue weighted by Gasteiger charge is 2.18. The number of anilines is 2. The lowest BCUT2D eigenvalue weighted by Gasteiger charge is -2.15. The first-order chi connectivity index (χ1) is 12.7. The molecule has 2 N–H and O–H groups in total. The monoisotopic (exact) mass is 362 g/mol. The molecule has 1 unspecified atom stereocenters. The van der Waals surface area contributed by atoms with E-state index in [1.807, 2.05) is 36.4 Å². The molecule has 0 aliphatic carbocycles. The van der Waals surface area contributed by atoms with Crippen LogP contribution in [0.15, 0.2) is 73.1 Å². The minimum Gasteiger partial charge on any atom is -0.382 e. The van der Waals surface area contributed by atoms with Crippen LogP contribution in [-0.2, 0) is 0 Å². The van der Waals surface area contributed by atoms with Crippen LogP contribution in [0.4, 0.5) is 11.5 Å². The number of aromatic nitrogens is 3. The molecule has 2 aromatic carbocycles. The van der Waals surface area contributed by atoms with Crippen molar-refractivity contribution in [3.05, 3.63) is 89.3 Å². The summed E-state index contributed by atoms with van der Waals surface area (Å²) in [7, 11) is 0. The summed E-state index contributed by atoms with van der Waals surface area (Å²) in [6.45, 7) is 0. The van der Waals surface area contributed by atoms with Crippen molar-refractivity contribution in [2.45, 2.75) is 6.10 Å². The Kier molecular flexibility index (Phi) is 4.48. The second-order valence-corrected chi connectivity index (χ2v) is 6.23. The normalized spacial score (nSPS) is 12.1. The first-order valence-corrected chi connectivity index (χ1v) is 8.46. The van der Waals surface area contributed by atoms with E-state index in [2.05, 4.69) is 20.5 Å². The van der Waals surface area contributed by atoms with Gasteiger partial charge in [0.15, 0.2) is 5.82 Å². The molecule has 0 spiro atoms. The van der Waals surface area contributed by atoms with Crippen molar-refractivity contribution in [2.75, 3.05) is 5.32 Å². The van der Waals surface area contributed by atoms with Gasteiger partial charge in [-0.15, -0.1) is 10.2 Å². The molecular weight excluding hydrogens is 348 g/mol. The van der Waals surface area contributed by atoms with Crippen LogP contribution in [-0.4, -0.2) is 20.3 Å². The minimum atomic E-state index is -0.875. The van der Waals surface area contributed by atoms with E-state index in [0.29, 0.717) is 16.5 Å². The van der Waals surface area contributed by atoms with Crippen molar-refractivity contribution in [3.8, 4) is 0 Å². The fourth-order valence-electron chi connectivity index (χ4n) is 2.79. The van der Waals surface area contributed by atoms with E-state index in [0.717, 1.165) is 22.0 Å². The SMILES string of the molecule is OC(c1ccncc1)c1nnc(Nc2ccc(Cl)cc2)c2ccccc12. The zero-order valence-electron chi connectivity index (χ0n) is 13.7. The maximum Gasteiger partial charge on any atom is 0.160 e. The summed E-state index contributed by atoms with van der Waals surface area (Å²) in [5.74, 6) is 0.619. The number of halogens is 1. The predicted octanol–water partition coefficient (Wildman–Crippen LogP) is 4.50. The zero-order valence-corrected chi connectivity index (χ0v) is 14.4. The van der Waals surface area contributed by atoms with Crippen LogP contribution >= 0.6 is 11.6 Å². The van der Waals surface area contributed by atoms with Gasteiger partial charge in [-0.25, -0.2) is 0 Å². The van der Waals surface area contributed by atoms with Gasteiger partial charge >= 0.3 is 0 Å². The van der Waals surface area contributed by atoms with Crippen LogP contribution in [0.1, 0.15) is 17.4 Å². The summed E-state index contributed by atoms with van der Waals surface area (Å²) in [6, 6.07) is 18.6.